The molecule has 7 heteroatoms. The monoisotopic (exact) mass is 375 g/mol. The number of rotatable bonds is 3. The molecule has 0 atom stereocenters. The average molecular weight is 375 g/mol. The number of pyridine rings is 1. The number of nitrogens with zero attached hydrogens (tertiary/aromatic N) is 1. The van der Waals surface area contributed by atoms with Crippen LogP contribution >= 0.6 is 22.6 Å². The fourth-order valence-corrected chi connectivity index (χ4v) is 2.98. The molecule has 0 bridgehead atoms. The summed E-state index contributed by atoms with van der Waals surface area (Å²) in [5, 5.41) is 0. The molecule has 1 heterocycles. The van der Waals surface area contributed by atoms with Crippen LogP contribution in [0.25, 0.3) is 0 Å². The highest BCUT2D eigenvalue weighted by Crippen LogP contribution is 2.18. The van der Waals surface area contributed by atoms with Crippen molar-refractivity contribution in [3.63, 3.8) is 0 Å². The van der Waals surface area contributed by atoms with Crippen LogP contribution in [0, 0.1) is 3.57 Å². The first kappa shape index (κ1) is 13.1. The van der Waals surface area contributed by atoms with Crippen molar-refractivity contribution in [2.24, 2.45) is 0 Å². The third-order valence-corrected chi connectivity index (χ3v) is 4.19. The van der Waals surface area contributed by atoms with Gasteiger partial charge in [-0.15, -0.1) is 0 Å². The van der Waals surface area contributed by atoms with Gasteiger partial charge in [-0.3, -0.25) is 4.72 Å². The van der Waals surface area contributed by atoms with E-state index in [9.17, 15) is 8.42 Å². The molecule has 0 aliphatic heterocycles. The Hall–Kier alpha value is -1.35. The van der Waals surface area contributed by atoms with Crippen molar-refractivity contribution in [2.45, 2.75) is 4.90 Å². The molecule has 2 rings (SSSR count). The average Bonchev–Trinajstić information content (AvgIpc) is 2.28. The summed E-state index contributed by atoms with van der Waals surface area (Å²) >= 11 is 2.11. The molecule has 0 unspecified atom stereocenters. The summed E-state index contributed by atoms with van der Waals surface area (Å²) in [7, 11) is -3.63. The first-order valence-electron chi connectivity index (χ1n) is 4.97. The maximum atomic E-state index is 12.1. The lowest BCUT2D eigenvalue weighted by molar-refractivity contribution is 0.601. The molecule has 0 aliphatic carbocycles. The summed E-state index contributed by atoms with van der Waals surface area (Å²) in [6, 6.07) is 9.79. The third-order valence-electron chi connectivity index (χ3n) is 2.14. The van der Waals surface area contributed by atoms with E-state index in [0.29, 0.717) is 5.69 Å². The molecule has 2 aromatic rings. The van der Waals surface area contributed by atoms with Crippen molar-refractivity contribution in [2.75, 3.05) is 10.5 Å². The maximum Gasteiger partial charge on any atom is 0.262 e. The number of nitrogens with two attached hydrogens (primary N) is 1. The van der Waals surface area contributed by atoms with Crippen LogP contribution in [0.15, 0.2) is 47.5 Å². The summed E-state index contributed by atoms with van der Waals surface area (Å²) in [5.41, 5.74) is 5.98. The van der Waals surface area contributed by atoms with E-state index in [0.717, 1.165) is 3.57 Å². The van der Waals surface area contributed by atoms with E-state index in [1.807, 2.05) is 6.07 Å². The number of hydrogen-bond acceptors (Lipinski definition) is 4. The van der Waals surface area contributed by atoms with E-state index >= 15 is 0 Å². The standard InChI is InChI=1S/C11H10IN3O2S/c12-8-2-1-3-9(6-8)15-18(16,17)10-4-5-14-11(13)7-10/h1-7,15H,(H2,13,14). The van der Waals surface area contributed by atoms with Crippen molar-refractivity contribution in [3.05, 3.63) is 46.2 Å². The normalized spacial score (nSPS) is 11.2. The minimum atomic E-state index is -3.63. The summed E-state index contributed by atoms with van der Waals surface area (Å²) in [4.78, 5) is 3.85. The Morgan fingerprint density at radius 3 is 2.67 bits per heavy atom. The lowest BCUT2D eigenvalue weighted by Crippen LogP contribution is -2.13. The fraction of sp³-hybridized carbons (Fsp3) is 0. The summed E-state index contributed by atoms with van der Waals surface area (Å²) in [6.07, 6.45) is 1.36. The molecular formula is C11H10IN3O2S. The minimum Gasteiger partial charge on any atom is -0.384 e. The third kappa shape index (κ3) is 3.10. The number of halogens is 1. The molecule has 0 amide bonds. The molecule has 0 fully saturated rings. The maximum absolute atomic E-state index is 12.1. The summed E-state index contributed by atoms with van der Waals surface area (Å²) in [6.45, 7) is 0. The second-order valence-electron chi connectivity index (χ2n) is 3.53. The molecule has 1 aromatic heterocycles. The van der Waals surface area contributed by atoms with Gasteiger partial charge in [0.2, 0.25) is 0 Å². The number of benzene rings is 1. The van der Waals surface area contributed by atoms with Gasteiger partial charge in [0.25, 0.3) is 10.0 Å². The first-order valence-corrected chi connectivity index (χ1v) is 7.53. The second kappa shape index (κ2) is 5.11. The largest absolute Gasteiger partial charge is 0.384 e. The Morgan fingerprint density at radius 1 is 1.22 bits per heavy atom. The molecule has 0 saturated heterocycles. The van der Waals surface area contributed by atoms with Gasteiger partial charge < -0.3 is 5.73 Å². The van der Waals surface area contributed by atoms with Crippen molar-refractivity contribution < 1.29 is 8.42 Å². The Balaban J connectivity index is 2.33. The molecule has 3 N–H and O–H groups in total. The topological polar surface area (TPSA) is 85.1 Å². The molecule has 0 spiro atoms. The SMILES string of the molecule is Nc1cc(S(=O)(=O)Nc2cccc(I)c2)ccn1. The van der Waals surface area contributed by atoms with Gasteiger partial charge in [0.15, 0.2) is 0 Å². The van der Waals surface area contributed by atoms with Gasteiger partial charge in [0.05, 0.1) is 4.90 Å². The van der Waals surface area contributed by atoms with Gasteiger partial charge in [-0.05, 0) is 46.9 Å². The number of anilines is 2. The van der Waals surface area contributed by atoms with E-state index in [4.69, 9.17) is 5.73 Å². The molecule has 0 aliphatic rings. The zero-order valence-corrected chi connectivity index (χ0v) is 12.1. The van der Waals surface area contributed by atoms with Crippen LogP contribution in [0.1, 0.15) is 0 Å². The van der Waals surface area contributed by atoms with E-state index in [-0.39, 0.29) is 10.7 Å². The molecule has 0 saturated carbocycles. The van der Waals surface area contributed by atoms with Gasteiger partial charge in [-0.25, -0.2) is 13.4 Å². The smallest absolute Gasteiger partial charge is 0.262 e. The van der Waals surface area contributed by atoms with Crippen LogP contribution in [-0.4, -0.2) is 13.4 Å². The predicted octanol–water partition coefficient (Wildman–Crippen LogP) is 2.07. The van der Waals surface area contributed by atoms with Crippen molar-refractivity contribution in [1.82, 2.24) is 4.98 Å². The van der Waals surface area contributed by atoms with Crippen molar-refractivity contribution in [3.8, 4) is 0 Å². The summed E-state index contributed by atoms with van der Waals surface area (Å²) in [5.74, 6) is 0.167. The first-order chi connectivity index (χ1) is 8.47. The number of hydrogen-bond donors (Lipinski definition) is 2. The summed E-state index contributed by atoms with van der Waals surface area (Å²) < 4.78 is 27.6. The van der Waals surface area contributed by atoms with Crippen LogP contribution < -0.4 is 10.5 Å². The molecule has 0 radical (unpaired) electrons. The van der Waals surface area contributed by atoms with Crippen LogP contribution in [0.5, 0.6) is 0 Å². The highest BCUT2D eigenvalue weighted by molar-refractivity contribution is 14.1. The second-order valence-corrected chi connectivity index (χ2v) is 6.46. The lowest BCUT2D eigenvalue weighted by atomic mass is 10.3. The van der Waals surface area contributed by atoms with E-state index in [1.54, 1.807) is 18.2 Å². The zero-order chi connectivity index (χ0) is 13.2. The Morgan fingerprint density at radius 2 is 2.00 bits per heavy atom. The van der Waals surface area contributed by atoms with Crippen molar-refractivity contribution in [1.29, 1.82) is 0 Å². The molecule has 94 valence electrons. The quantitative estimate of drug-likeness (QED) is 0.805. The fourth-order valence-electron chi connectivity index (χ4n) is 1.36. The van der Waals surface area contributed by atoms with Crippen LogP contribution in [-0.2, 0) is 10.0 Å². The van der Waals surface area contributed by atoms with Gasteiger partial charge >= 0.3 is 0 Å². The van der Waals surface area contributed by atoms with Crippen LogP contribution in [0.4, 0.5) is 11.5 Å². The molecular weight excluding hydrogens is 365 g/mol. The van der Waals surface area contributed by atoms with Gasteiger partial charge in [0.1, 0.15) is 5.82 Å². The Labute approximate surface area is 119 Å². The predicted molar refractivity (Wildman–Crippen MR) is 78.6 cm³/mol. The number of aromatic nitrogens is 1. The zero-order valence-electron chi connectivity index (χ0n) is 9.17. The highest BCUT2D eigenvalue weighted by atomic mass is 127. The number of nitrogens with one attached hydrogen (secondary N) is 1. The molecule has 1 aromatic carbocycles. The van der Waals surface area contributed by atoms with Crippen LogP contribution in [0.2, 0.25) is 0 Å². The van der Waals surface area contributed by atoms with Crippen molar-refractivity contribution >= 4 is 44.1 Å². The lowest BCUT2D eigenvalue weighted by Gasteiger charge is -2.08. The molecule has 18 heavy (non-hydrogen) atoms. The van der Waals surface area contributed by atoms with Crippen LogP contribution in [0.3, 0.4) is 0 Å². The van der Waals surface area contributed by atoms with Gasteiger partial charge in [-0.1, -0.05) is 6.07 Å². The highest BCUT2D eigenvalue weighted by Gasteiger charge is 2.14. The van der Waals surface area contributed by atoms with Gasteiger partial charge in [-0.2, -0.15) is 0 Å². The van der Waals surface area contributed by atoms with E-state index < -0.39 is 10.0 Å². The minimum absolute atomic E-state index is 0.0915. The van der Waals surface area contributed by atoms with Gasteiger partial charge in [0, 0.05) is 21.5 Å². The molecule has 5 nitrogen and oxygen atoms in total. The number of nitrogen functional groups attached to an aromatic ring is 1. The number of sulfonamides is 1. The Bertz CT molecular complexity index is 673. The van der Waals surface area contributed by atoms with E-state index in [1.165, 1.54) is 18.3 Å². The Kier molecular flexibility index (Phi) is 3.71. The van der Waals surface area contributed by atoms with E-state index in [2.05, 4.69) is 32.3 Å².